The van der Waals surface area contributed by atoms with Crippen LogP contribution in [0.3, 0.4) is 0 Å². The third-order valence-corrected chi connectivity index (χ3v) is 3.22. The van der Waals surface area contributed by atoms with Gasteiger partial charge in [-0.1, -0.05) is 37.0 Å². The Morgan fingerprint density at radius 3 is 2.43 bits per heavy atom. The fourth-order valence-electron chi connectivity index (χ4n) is 1.85. The van der Waals surface area contributed by atoms with Gasteiger partial charge in [-0.05, 0) is 42.8 Å². The third-order valence-electron chi connectivity index (χ3n) is 2.79. The van der Waals surface area contributed by atoms with Crippen LogP contribution in [0.5, 0.6) is 5.75 Å². The maximum Gasteiger partial charge on any atom is 0.146 e. The van der Waals surface area contributed by atoms with Crippen molar-refractivity contribution in [2.45, 2.75) is 27.0 Å². The minimum atomic E-state index is 0.348. The molecule has 2 rings (SSSR count). The van der Waals surface area contributed by atoms with E-state index < -0.39 is 0 Å². The van der Waals surface area contributed by atoms with E-state index in [1.807, 2.05) is 12.1 Å². The van der Waals surface area contributed by atoms with Crippen LogP contribution in [0.15, 0.2) is 34.7 Å². The molecule has 0 atom stereocenters. The number of furan rings is 1. The smallest absolute Gasteiger partial charge is 0.146 e. The minimum absolute atomic E-state index is 0.348. The third kappa shape index (κ3) is 5.62. The van der Waals surface area contributed by atoms with Gasteiger partial charge in [0.2, 0.25) is 0 Å². The number of rotatable bonds is 7. The van der Waals surface area contributed by atoms with E-state index in [0.717, 1.165) is 24.6 Å². The first-order valence-electron chi connectivity index (χ1n) is 6.90. The van der Waals surface area contributed by atoms with Crippen molar-refractivity contribution in [2.75, 3.05) is 6.54 Å². The molecule has 1 N–H and O–H groups in total. The number of hydrogen-bond donors (Lipinski definition) is 1. The van der Waals surface area contributed by atoms with E-state index in [2.05, 4.69) is 19.2 Å². The van der Waals surface area contributed by atoms with Crippen LogP contribution in [0.1, 0.15) is 25.4 Å². The fraction of sp³-hybridized carbons (Fsp3) is 0.375. The summed E-state index contributed by atoms with van der Waals surface area (Å²) in [5, 5.41) is 4.44. The largest absolute Gasteiger partial charge is 0.486 e. The van der Waals surface area contributed by atoms with Gasteiger partial charge in [-0.15, -0.1) is 0 Å². The molecule has 114 valence electrons. The van der Waals surface area contributed by atoms with Crippen molar-refractivity contribution >= 4 is 23.2 Å². The summed E-state index contributed by atoms with van der Waals surface area (Å²) in [5.41, 5.74) is 0. The highest BCUT2D eigenvalue weighted by Gasteiger charge is 2.05. The maximum absolute atomic E-state index is 5.92. The lowest BCUT2D eigenvalue weighted by atomic mass is 10.2. The van der Waals surface area contributed by atoms with Crippen LogP contribution in [0.4, 0.5) is 0 Å². The van der Waals surface area contributed by atoms with Crippen LogP contribution in [0, 0.1) is 5.92 Å². The zero-order valence-electron chi connectivity index (χ0n) is 12.2. The van der Waals surface area contributed by atoms with Crippen molar-refractivity contribution in [1.82, 2.24) is 5.32 Å². The Bertz CT molecular complexity index is 561. The minimum Gasteiger partial charge on any atom is -0.486 e. The molecule has 0 aliphatic rings. The molecular weight excluding hydrogens is 309 g/mol. The molecule has 0 radical (unpaired) electrons. The predicted molar refractivity (Wildman–Crippen MR) is 86.0 cm³/mol. The molecule has 0 saturated heterocycles. The van der Waals surface area contributed by atoms with Gasteiger partial charge in [-0.3, -0.25) is 0 Å². The monoisotopic (exact) mass is 327 g/mol. The number of nitrogens with one attached hydrogen (secondary N) is 1. The van der Waals surface area contributed by atoms with Gasteiger partial charge >= 0.3 is 0 Å². The Morgan fingerprint density at radius 2 is 1.76 bits per heavy atom. The molecule has 2 aromatic rings. The first-order chi connectivity index (χ1) is 10.0. The summed E-state index contributed by atoms with van der Waals surface area (Å²) < 4.78 is 11.3. The summed E-state index contributed by atoms with van der Waals surface area (Å²) in [6, 6.07) is 8.99. The summed E-state index contributed by atoms with van der Waals surface area (Å²) in [6.07, 6.45) is 0. The van der Waals surface area contributed by atoms with Gasteiger partial charge in [0.1, 0.15) is 23.9 Å². The van der Waals surface area contributed by atoms with E-state index in [-0.39, 0.29) is 0 Å². The second-order valence-electron chi connectivity index (χ2n) is 5.29. The molecule has 1 aromatic carbocycles. The highest BCUT2D eigenvalue weighted by molar-refractivity contribution is 6.34. The predicted octanol–water partition coefficient (Wildman–Crippen LogP) is 4.91. The second-order valence-corrected chi connectivity index (χ2v) is 6.16. The van der Waals surface area contributed by atoms with Crippen LogP contribution >= 0.6 is 23.2 Å². The van der Waals surface area contributed by atoms with E-state index >= 15 is 0 Å². The number of benzene rings is 1. The Kier molecular flexibility index (Phi) is 5.97. The first-order valence-corrected chi connectivity index (χ1v) is 7.65. The SMILES string of the molecule is CC(C)CNCc1ccc(COc2cc(Cl)cc(Cl)c2)o1. The van der Waals surface area contributed by atoms with E-state index in [9.17, 15) is 0 Å². The summed E-state index contributed by atoms with van der Waals surface area (Å²) in [5.74, 6) is 2.92. The Labute approximate surface area is 135 Å². The molecule has 0 fully saturated rings. The van der Waals surface area contributed by atoms with Crippen molar-refractivity contribution in [3.05, 3.63) is 51.9 Å². The molecule has 0 aliphatic carbocycles. The van der Waals surface area contributed by atoms with Gasteiger partial charge in [0, 0.05) is 10.0 Å². The number of halogens is 2. The Balaban J connectivity index is 1.85. The lowest BCUT2D eigenvalue weighted by Gasteiger charge is -2.06. The normalized spacial score (nSPS) is 11.1. The standard InChI is InChI=1S/C16H19Cl2NO2/c1-11(2)8-19-9-14-3-4-15(21-14)10-20-16-6-12(17)5-13(18)7-16/h3-7,11,19H,8-10H2,1-2H3. The molecule has 0 spiro atoms. The highest BCUT2D eigenvalue weighted by Crippen LogP contribution is 2.25. The molecule has 0 amide bonds. The molecule has 0 saturated carbocycles. The topological polar surface area (TPSA) is 34.4 Å². The molecule has 0 aliphatic heterocycles. The number of ether oxygens (including phenoxy) is 1. The average Bonchev–Trinajstić information content (AvgIpc) is 2.83. The highest BCUT2D eigenvalue weighted by atomic mass is 35.5. The molecule has 1 heterocycles. The summed E-state index contributed by atoms with van der Waals surface area (Å²) in [6.45, 7) is 6.38. The van der Waals surface area contributed by atoms with Gasteiger partial charge in [-0.2, -0.15) is 0 Å². The summed E-state index contributed by atoms with van der Waals surface area (Å²) in [4.78, 5) is 0. The molecule has 0 bridgehead atoms. The van der Waals surface area contributed by atoms with Gasteiger partial charge in [0.05, 0.1) is 6.54 Å². The van der Waals surface area contributed by atoms with Crippen LogP contribution in [0.2, 0.25) is 10.0 Å². The molecular formula is C16H19Cl2NO2. The van der Waals surface area contributed by atoms with E-state index in [1.165, 1.54) is 0 Å². The van der Waals surface area contributed by atoms with Gasteiger partial charge in [-0.25, -0.2) is 0 Å². The molecule has 3 nitrogen and oxygen atoms in total. The Hall–Kier alpha value is -1.16. The van der Waals surface area contributed by atoms with E-state index in [0.29, 0.717) is 28.3 Å². The lowest BCUT2D eigenvalue weighted by Crippen LogP contribution is -2.18. The van der Waals surface area contributed by atoms with Crippen molar-refractivity contribution in [3.63, 3.8) is 0 Å². The molecule has 21 heavy (non-hydrogen) atoms. The van der Waals surface area contributed by atoms with E-state index in [4.69, 9.17) is 32.4 Å². The van der Waals surface area contributed by atoms with Crippen molar-refractivity contribution in [1.29, 1.82) is 0 Å². The van der Waals surface area contributed by atoms with Crippen LogP contribution in [-0.2, 0) is 13.2 Å². The van der Waals surface area contributed by atoms with Gasteiger partial charge < -0.3 is 14.5 Å². The van der Waals surface area contributed by atoms with Crippen molar-refractivity contribution < 1.29 is 9.15 Å². The van der Waals surface area contributed by atoms with E-state index in [1.54, 1.807) is 18.2 Å². The quantitative estimate of drug-likeness (QED) is 0.784. The fourth-order valence-corrected chi connectivity index (χ4v) is 2.35. The second kappa shape index (κ2) is 7.74. The van der Waals surface area contributed by atoms with Crippen molar-refractivity contribution in [2.24, 2.45) is 5.92 Å². The maximum atomic E-state index is 5.92. The Morgan fingerprint density at radius 1 is 1.10 bits per heavy atom. The molecule has 5 heteroatoms. The van der Waals surface area contributed by atoms with Gasteiger partial charge in [0.15, 0.2) is 0 Å². The van der Waals surface area contributed by atoms with Crippen LogP contribution in [-0.4, -0.2) is 6.54 Å². The summed E-state index contributed by atoms with van der Waals surface area (Å²) in [7, 11) is 0. The molecule has 1 aromatic heterocycles. The number of hydrogen-bond acceptors (Lipinski definition) is 3. The lowest BCUT2D eigenvalue weighted by molar-refractivity contribution is 0.265. The van der Waals surface area contributed by atoms with Gasteiger partial charge in [0.25, 0.3) is 0 Å². The summed E-state index contributed by atoms with van der Waals surface area (Å²) >= 11 is 11.8. The van der Waals surface area contributed by atoms with Crippen LogP contribution < -0.4 is 10.1 Å². The first kappa shape index (κ1) is 16.2. The van der Waals surface area contributed by atoms with Crippen molar-refractivity contribution in [3.8, 4) is 5.75 Å². The van der Waals surface area contributed by atoms with Crippen LogP contribution in [0.25, 0.3) is 0 Å². The zero-order chi connectivity index (χ0) is 15.2. The zero-order valence-corrected chi connectivity index (χ0v) is 13.7. The average molecular weight is 328 g/mol. The molecule has 0 unspecified atom stereocenters.